The maximum absolute atomic E-state index is 12.2. The Bertz CT molecular complexity index is 1060. The molecule has 1 aromatic heterocycles. The minimum absolute atomic E-state index is 0.0681. The van der Waals surface area contributed by atoms with Crippen LogP contribution < -0.4 is 10.6 Å². The quantitative estimate of drug-likeness (QED) is 0.749. The van der Waals surface area contributed by atoms with Crippen molar-refractivity contribution in [2.45, 2.75) is 24.8 Å². The molecule has 2 aromatic rings. The van der Waals surface area contributed by atoms with Crippen LogP contribution in [0.1, 0.15) is 35.2 Å². The molecule has 0 fully saturated rings. The number of aromatic nitrogens is 3. The first-order valence-corrected chi connectivity index (χ1v) is 9.66. The first kappa shape index (κ1) is 17.7. The van der Waals surface area contributed by atoms with Gasteiger partial charge in [0.05, 0.1) is 18.2 Å². The standard InChI is InChI=1S/C21H21N7O/c1-22-8-12-2-4-13(5-3-12)15-6-14-9-25-27-17-7-18(29)23-10-16(19(14)17)20(15)21-24-11-26-28-21/h2-5,7,10-11,15,20,22H,6,8-9H2,1H3,(H,23,29)(H,24,26,28). The van der Waals surface area contributed by atoms with E-state index in [1.165, 1.54) is 29.1 Å². The van der Waals surface area contributed by atoms with Crippen LogP contribution in [0.3, 0.4) is 0 Å². The molecule has 0 radical (unpaired) electrons. The summed E-state index contributed by atoms with van der Waals surface area (Å²) in [6.07, 6.45) is 5.68. The average Bonchev–Trinajstić information content (AvgIpc) is 3.21. The molecule has 2 aliphatic heterocycles. The molecule has 29 heavy (non-hydrogen) atoms. The van der Waals surface area contributed by atoms with Crippen LogP contribution in [-0.4, -0.2) is 34.7 Å². The molecule has 0 bridgehead atoms. The SMILES string of the molecule is CNCc1ccc(C2CC3=C4C(=CC(=O)NC=C4C2c2ncn[nH]2)N=NC3)cc1. The Morgan fingerprint density at radius 3 is 2.86 bits per heavy atom. The lowest BCUT2D eigenvalue weighted by Gasteiger charge is -2.36. The van der Waals surface area contributed by atoms with Gasteiger partial charge in [0.1, 0.15) is 12.2 Å². The molecule has 3 N–H and O–H groups in total. The molecule has 5 rings (SSSR count). The summed E-state index contributed by atoms with van der Waals surface area (Å²) in [5.41, 5.74) is 6.31. The van der Waals surface area contributed by atoms with Crippen LogP contribution in [-0.2, 0) is 11.3 Å². The number of nitrogens with zero attached hydrogens (tertiary/aromatic N) is 4. The zero-order chi connectivity index (χ0) is 19.8. The molecule has 8 nitrogen and oxygen atoms in total. The number of allylic oxidation sites excluding steroid dienone is 1. The number of hydrogen-bond donors (Lipinski definition) is 3. The Morgan fingerprint density at radius 2 is 2.10 bits per heavy atom. The Hall–Kier alpha value is -3.39. The second kappa shape index (κ2) is 7.21. The lowest BCUT2D eigenvalue weighted by atomic mass is 9.68. The highest BCUT2D eigenvalue weighted by Gasteiger charge is 2.40. The Morgan fingerprint density at radius 1 is 1.24 bits per heavy atom. The molecule has 3 aliphatic rings. The fourth-order valence-electron chi connectivity index (χ4n) is 4.46. The number of carbonyl (C=O) groups is 1. The van der Waals surface area contributed by atoms with Gasteiger partial charge in [-0.1, -0.05) is 24.3 Å². The van der Waals surface area contributed by atoms with Gasteiger partial charge in [-0.3, -0.25) is 9.89 Å². The molecule has 3 heterocycles. The lowest BCUT2D eigenvalue weighted by molar-refractivity contribution is -0.115. The minimum Gasteiger partial charge on any atom is -0.329 e. The topological polar surface area (TPSA) is 107 Å². The molecule has 8 heteroatoms. The van der Waals surface area contributed by atoms with E-state index in [-0.39, 0.29) is 17.7 Å². The van der Waals surface area contributed by atoms with Crippen molar-refractivity contribution < 1.29 is 4.79 Å². The second-order valence-electron chi connectivity index (χ2n) is 7.45. The summed E-state index contributed by atoms with van der Waals surface area (Å²) in [4.78, 5) is 16.6. The highest BCUT2D eigenvalue weighted by Crippen LogP contribution is 2.51. The number of H-pyrrole nitrogens is 1. The van der Waals surface area contributed by atoms with E-state index >= 15 is 0 Å². The molecule has 0 spiro atoms. The van der Waals surface area contributed by atoms with Crippen molar-refractivity contribution in [3.8, 4) is 0 Å². The van der Waals surface area contributed by atoms with E-state index in [0.717, 1.165) is 29.9 Å². The number of rotatable bonds is 4. The zero-order valence-corrected chi connectivity index (χ0v) is 16.0. The summed E-state index contributed by atoms with van der Waals surface area (Å²) in [5.74, 6) is 0.673. The van der Waals surface area contributed by atoms with Crippen LogP contribution in [0.15, 0.2) is 75.5 Å². The number of amides is 1. The van der Waals surface area contributed by atoms with Gasteiger partial charge in [0, 0.05) is 30.3 Å². The fourth-order valence-corrected chi connectivity index (χ4v) is 4.46. The molecule has 1 aromatic carbocycles. The van der Waals surface area contributed by atoms with Crippen molar-refractivity contribution in [2.75, 3.05) is 13.6 Å². The van der Waals surface area contributed by atoms with Gasteiger partial charge in [0.15, 0.2) is 0 Å². The van der Waals surface area contributed by atoms with Crippen LogP contribution in [0.5, 0.6) is 0 Å². The molecule has 1 aliphatic carbocycles. The molecule has 0 saturated carbocycles. The predicted molar refractivity (Wildman–Crippen MR) is 107 cm³/mol. The van der Waals surface area contributed by atoms with Gasteiger partial charge in [-0.15, -0.1) is 0 Å². The highest BCUT2D eigenvalue weighted by atomic mass is 16.1. The van der Waals surface area contributed by atoms with Gasteiger partial charge >= 0.3 is 0 Å². The van der Waals surface area contributed by atoms with Crippen LogP contribution >= 0.6 is 0 Å². The maximum atomic E-state index is 12.2. The third-order valence-electron chi connectivity index (χ3n) is 5.70. The summed E-state index contributed by atoms with van der Waals surface area (Å²) in [7, 11) is 1.94. The molecule has 146 valence electrons. The monoisotopic (exact) mass is 387 g/mol. The van der Waals surface area contributed by atoms with Crippen molar-refractivity contribution in [2.24, 2.45) is 10.2 Å². The number of carbonyl (C=O) groups excluding carboxylic acids is 1. The number of aromatic amines is 1. The minimum atomic E-state index is -0.195. The molecule has 0 saturated heterocycles. The predicted octanol–water partition coefficient (Wildman–Crippen LogP) is 2.46. The number of benzene rings is 1. The highest BCUT2D eigenvalue weighted by molar-refractivity contribution is 5.91. The third-order valence-corrected chi connectivity index (χ3v) is 5.70. The summed E-state index contributed by atoms with van der Waals surface area (Å²) in [5, 5.41) is 21.7. The number of nitrogens with one attached hydrogen (secondary N) is 3. The van der Waals surface area contributed by atoms with Crippen molar-refractivity contribution in [3.05, 3.63) is 82.2 Å². The van der Waals surface area contributed by atoms with E-state index in [1.807, 2.05) is 7.05 Å². The number of azo groups is 1. The van der Waals surface area contributed by atoms with Gasteiger partial charge in [0.2, 0.25) is 5.91 Å². The summed E-state index contributed by atoms with van der Waals surface area (Å²) < 4.78 is 0. The maximum Gasteiger partial charge on any atom is 0.250 e. The van der Waals surface area contributed by atoms with Crippen molar-refractivity contribution in [3.63, 3.8) is 0 Å². The number of hydrogen-bond acceptors (Lipinski definition) is 6. The lowest BCUT2D eigenvalue weighted by Crippen LogP contribution is -2.25. The van der Waals surface area contributed by atoms with Crippen LogP contribution in [0.2, 0.25) is 0 Å². The van der Waals surface area contributed by atoms with Crippen LogP contribution in [0.4, 0.5) is 0 Å². The van der Waals surface area contributed by atoms with E-state index in [2.05, 4.69) is 60.3 Å². The third kappa shape index (κ3) is 3.11. The van der Waals surface area contributed by atoms with Crippen LogP contribution in [0, 0.1) is 0 Å². The van der Waals surface area contributed by atoms with Crippen molar-refractivity contribution >= 4 is 5.91 Å². The fraction of sp³-hybridized carbons (Fsp3) is 0.286. The summed E-state index contributed by atoms with van der Waals surface area (Å²) in [6, 6.07) is 8.68. The van der Waals surface area contributed by atoms with E-state index in [9.17, 15) is 4.79 Å². The normalized spacial score (nSPS) is 23.1. The van der Waals surface area contributed by atoms with E-state index < -0.39 is 0 Å². The summed E-state index contributed by atoms with van der Waals surface area (Å²) >= 11 is 0. The van der Waals surface area contributed by atoms with E-state index in [1.54, 1.807) is 6.20 Å². The second-order valence-corrected chi connectivity index (χ2v) is 7.45. The van der Waals surface area contributed by atoms with Crippen molar-refractivity contribution in [1.29, 1.82) is 0 Å². The Labute approximate surface area is 167 Å². The van der Waals surface area contributed by atoms with Crippen molar-refractivity contribution in [1.82, 2.24) is 25.8 Å². The largest absolute Gasteiger partial charge is 0.329 e. The van der Waals surface area contributed by atoms with Gasteiger partial charge in [-0.05, 0) is 35.7 Å². The van der Waals surface area contributed by atoms with E-state index in [0.29, 0.717) is 12.2 Å². The molecular formula is C21H21N7O. The molecule has 1 amide bonds. The van der Waals surface area contributed by atoms with Gasteiger partial charge < -0.3 is 10.6 Å². The first-order valence-electron chi connectivity index (χ1n) is 9.66. The first-order chi connectivity index (χ1) is 14.2. The molecule has 2 atom stereocenters. The zero-order valence-electron chi connectivity index (χ0n) is 16.0. The molecule has 2 unspecified atom stereocenters. The van der Waals surface area contributed by atoms with E-state index in [4.69, 9.17) is 0 Å². The Balaban J connectivity index is 1.64. The summed E-state index contributed by atoms with van der Waals surface area (Å²) in [6.45, 7) is 1.38. The van der Waals surface area contributed by atoms with Gasteiger partial charge in [0.25, 0.3) is 0 Å². The smallest absolute Gasteiger partial charge is 0.250 e. The van der Waals surface area contributed by atoms with Gasteiger partial charge in [-0.2, -0.15) is 15.3 Å². The average molecular weight is 387 g/mol. The Kier molecular flexibility index (Phi) is 4.40. The van der Waals surface area contributed by atoms with Gasteiger partial charge in [-0.25, -0.2) is 4.98 Å². The molecular weight excluding hydrogens is 366 g/mol. The van der Waals surface area contributed by atoms with Crippen LogP contribution in [0.25, 0.3) is 0 Å².